The summed E-state index contributed by atoms with van der Waals surface area (Å²) in [6, 6.07) is 10.9. The first-order valence-electron chi connectivity index (χ1n) is 7.49. The standard InChI is InChI=1S/C16H23N3/c17-16-18-12-15(11-13-7-3-1-4-8-13)19(16)14-9-5-2-6-10-14/h2,5-6,9-10,13,15H,1,3-4,7-8,11-12H2,(H2,17,18). The molecule has 3 nitrogen and oxygen atoms in total. The molecule has 3 rings (SSSR count). The van der Waals surface area contributed by atoms with Crippen LogP contribution < -0.4 is 10.6 Å². The van der Waals surface area contributed by atoms with Crippen LogP contribution in [-0.2, 0) is 0 Å². The maximum Gasteiger partial charge on any atom is 0.196 e. The minimum absolute atomic E-state index is 0.463. The fraction of sp³-hybridized carbons (Fsp3) is 0.562. The summed E-state index contributed by atoms with van der Waals surface area (Å²) in [5, 5.41) is 0. The van der Waals surface area contributed by atoms with Crippen LogP contribution in [0.25, 0.3) is 0 Å². The molecule has 1 unspecified atom stereocenters. The van der Waals surface area contributed by atoms with E-state index >= 15 is 0 Å². The van der Waals surface area contributed by atoms with E-state index in [4.69, 9.17) is 5.73 Å². The third-order valence-corrected chi connectivity index (χ3v) is 4.44. The van der Waals surface area contributed by atoms with Crippen LogP contribution in [0, 0.1) is 5.92 Å². The van der Waals surface area contributed by atoms with Gasteiger partial charge in [-0.25, -0.2) is 0 Å². The largest absolute Gasteiger partial charge is 0.370 e. The molecular formula is C16H23N3. The fourth-order valence-corrected chi connectivity index (χ4v) is 3.46. The topological polar surface area (TPSA) is 41.6 Å². The molecule has 0 radical (unpaired) electrons. The summed E-state index contributed by atoms with van der Waals surface area (Å²) in [5.74, 6) is 1.55. The van der Waals surface area contributed by atoms with E-state index in [0.29, 0.717) is 12.0 Å². The molecule has 2 N–H and O–H groups in total. The molecule has 1 aliphatic carbocycles. The number of anilines is 1. The zero-order valence-electron chi connectivity index (χ0n) is 11.5. The van der Waals surface area contributed by atoms with Crippen LogP contribution in [-0.4, -0.2) is 18.5 Å². The van der Waals surface area contributed by atoms with Gasteiger partial charge in [-0.15, -0.1) is 0 Å². The number of guanidine groups is 1. The maximum absolute atomic E-state index is 6.08. The third-order valence-electron chi connectivity index (χ3n) is 4.44. The van der Waals surface area contributed by atoms with Crippen molar-refractivity contribution in [2.24, 2.45) is 16.6 Å². The summed E-state index contributed by atoms with van der Waals surface area (Å²) in [6.07, 6.45) is 8.23. The number of nitrogens with two attached hydrogens (primary N) is 1. The highest BCUT2D eigenvalue weighted by Gasteiger charge is 2.29. The maximum atomic E-state index is 6.08. The van der Waals surface area contributed by atoms with Gasteiger partial charge in [-0.2, -0.15) is 0 Å². The Morgan fingerprint density at radius 2 is 1.84 bits per heavy atom. The monoisotopic (exact) mass is 257 g/mol. The molecule has 3 heteroatoms. The van der Waals surface area contributed by atoms with Gasteiger partial charge in [-0.05, 0) is 24.5 Å². The molecule has 0 saturated heterocycles. The first-order valence-corrected chi connectivity index (χ1v) is 7.49. The van der Waals surface area contributed by atoms with Crippen molar-refractivity contribution in [2.45, 2.75) is 44.6 Å². The average molecular weight is 257 g/mol. The first-order chi connectivity index (χ1) is 9.34. The molecule has 1 aromatic carbocycles. The number of hydrogen-bond acceptors (Lipinski definition) is 3. The minimum Gasteiger partial charge on any atom is -0.370 e. The van der Waals surface area contributed by atoms with Crippen molar-refractivity contribution in [2.75, 3.05) is 11.4 Å². The number of benzene rings is 1. The van der Waals surface area contributed by atoms with E-state index in [1.165, 1.54) is 44.2 Å². The molecule has 0 amide bonds. The van der Waals surface area contributed by atoms with Crippen molar-refractivity contribution in [3.8, 4) is 0 Å². The van der Waals surface area contributed by atoms with Crippen LogP contribution in [0.1, 0.15) is 38.5 Å². The third kappa shape index (κ3) is 2.75. The van der Waals surface area contributed by atoms with Gasteiger partial charge in [0.2, 0.25) is 0 Å². The molecule has 1 aliphatic heterocycles. The second kappa shape index (κ2) is 5.64. The van der Waals surface area contributed by atoms with Gasteiger partial charge < -0.3 is 10.6 Å². The smallest absolute Gasteiger partial charge is 0.196 e. The van der Waals surface area contributed by atoms with Crippen LogP contribution in [0.15, 0.2) is 35.3 Å². The van der Waals surface area contributed by atoms with Gasteiger partial charge in [0.25, 0.3) is 0 Å². The van der Waals surface area contributed by atoms with E-state index < -0.39 is 0 Å². The summed E-state index contributed by atoms with van der Waals surface area (Å²) >= 11 is 0. The van der Waals surface area contributed by atoms with E-state index in [2.05, 4.69) is 34.2 Å². The number of aliphatic imine (C=N–C) groups is 1. The van der Waals surface area contributed by atoms with Crippen molar-refractivity contribution in [1.82, 2.24) is 0 Å². The van der Waals surface area contributed by atoms with E-state index in [0.717, 1.165) is 12.5 Å². The Kier molecular flexibility index (Phi) is 3.72. The minimum atomic E-state index is 0.463. The van der Waals surface area contributed by atoms with Gasteiger partial charge in [0.05, 0.1) is 12.6 Å². The Morgan fingerprint density at radius 3 is 2.58 bits per heavy atom. The molecule has 0 bridgehead atoms. The Bertz CT molecular complexity index is 435. The highest BCUT2D eigenvalue weighted by atomic mass is 15.3. The van der Waals surface area contributed by atoms with Crippen LogP contribution in [0.4, 0.5) is 5.69 Å². The Balaban J connectivity index is 1.71. The molecule has 0 spiro atoms. The summed E-state index contributed by atoms with van der Waals surface area (Å²) in [6.45, 7) is 0.858. The molecule has 2 aliphatic rings. The van der Waals surface area contributed by atoms with Crippen molar-refractivity contribution < 1.29 is 0 Å². The summed E-state index contributed by atoms with van der Waals surface area (Å²) in [7, 11) is 0. The molecule has 1 atom stereocenters. The lowest BCUT2D eigenvalue weighted by atomic mass is 9.84. The SMILES string of the molecule is NC1=NCC(CC2CCCCC2)N1c1ccccc1. The zero-order chi connectivity index (χ0) is 13.1. The second-order valence-corrected chi connectivity index (χ2v) is 5.80. The van der Waals surface area contributed by atoms with Crippen molar-refractivity contribution in [3.05, 3.63) is 30.3 Å². The fourth-order valence-electron chi connectivity index (χ4n) is 3.46. The van der Waals surface area contributed by atoms with Gasteiger partial charge in [0, 0.05) is 5.69 Å². The molecule has 1 aromatic rings. The van der Waals surface area contributed by atoms with Crippen molar-refractivity contribution in [3.63, 3.8) is 0 Å². The van der Waals surface area contributed by atoms with Gasteiger partial charge in [-0.3, -0.25) is 4.99 Å². The second-order valence-electron chi connectivity index (χ2n) is 5.80. The van der Waals surface area contributed by atoms with E-state index in [1.807, 2.05) is 6.07 Å². The molecular weight excluding hydrogens is 234 g/mol. The van der Waals surface area contributed by atoms with Crippen LogP contribution in [0.2, 0.25) is 0 Å². The van der Waals surface area contributed by atoms with Crippen LogP contribution >= 0.6 is 0 Å². The normalized spacial score (nSPS) is 24.5. The highest BCUT2D eigenvalue weighted by Crippen LogP contribution is 2.31. The van der Waals surface area contributed by atoms with E-state index in [9.17, 15) is 0 Å². The van der Waals surface area contributed by atoms with Gasteiger partial charge in [0.15, 0.2) is 5.96 Å². The Hall–Kier alpha value is -1.51. The lowest BCUT2D eigenvalue weighted by Crippen LogP contribution is -2.41. The summed E-state index contributed by atoms with van der Waals surface area (Å²) in [4.78, 5) is 6.69. The molecule has 102 valence electrons. The van der Waals surface area contributed by atoms with E-state index in [-0.39, 0.29) is 0 Å². The lowest BCUT2D eigenvalue weighted by Gasteiger charge is -2.31. The van der Waals surface area contributed by atoms with Crippen molar-refractivity contribution >= 4 is 11.6 Å². The average Bonchev–Trinajstić information content (AvgIpc) is 2.82. The van der Waals surface area contributed by atoms with Gasteiger partial charge >= 0.3 is 0 Å². The summed E-state index contributed by atoms with van der Waals surface area (Å²) in [5.41, 5.74) is 7.26. The van der Waals surface area contributed by atoms with E-state index in [1.54, 1.807) is 0 Å². The quantitative estimate of drug-likeness (QED) is 0.903. The Labute approximate surface area is 115 Å². The number of nitrogens with zero attached hydrogens (tertiary/aromatic N) is 2. The number of rotatable bonds is 3. The zero-order valence-corrected chi connectivity index (χ0v) is 11.5. The molecule has 1 saturated carbocycles. The molecule has 1 fully saturated rings. The Morgan fingerprint density at radius 1 is 1.11 bits per heavy atom. The van der Waals surface area contributed by atoms with Crippen LogP contribution in [0.3, 0.4) is 0 Å². The van der Waals surface area contributed by atoms with Gasteiger partial charge in [-0.1, -0.05) is 50.3 Å². The molecule has 0 aromatic heterocycles. The van der Waals surface area contributed by atoms with Crippen LogP contribution in [0.5, 0.6) is 0 Å². The number of hydrogen-bond donors (Lipinski definition) is 1. The van der Waals surface area contributed by atoms with Gasteiger partial charge in [0.1, 0.15) is 0 Å². The first kappa shape index (κ1) is 12.5. The predicted octanol–water partition coefficient (Wildman–Crippen LogP) is 3.16. The van der Waals surface area contributed by atoms with Crippen molar-refractivity contribution in [1.29, 1.82) is 0 Å². The number of para-hydroxylation sites is 1. The molecule has 19 heavy (non-hydrogen) atoms. The predicted molar refractivity (Wildman–Crippen MR) is 80.4 cm³/mol. The lowest BCUT2D eigenvalue weighted by molar-refractivity contribution is 0.322. The summed E-state index contributed by atoms with van der Waals surface area (Å²) < 4.78 is 0. The highest BCUT2D eigenvalue weighted by molar-refractivity contribution is 5.97. The molecule has 1 heterocycles.